The van der Waals surface area contributed by atoms with Gasteiger partial charge in [0.25, 0.3) is 0 Å². The van der Waals surface area contributed by atoms with Crippen molar-refractivity contribution in [2.24, 2.45) is 0 Å². The molecule has 1 N–H and O–H groups in total. The SMILES string of the molecule is CC(C)NCC1(c2ccc(F)cc2F)CCC1. The van der Waals surface area contributed by atoms with Crippen LogP contribution in [0.4, 0.5) is 8.78 Å². The van der Waals surface area contributed by atoms with Crippen molar-refractivity contribution < 1.29 is 8.78 Å². The first-order valence-electron chi connectivity index (χ1n) is 6.22. The zero-order valence-electron chi connectivity index (χ0n) is 10.4. The van der Waals surface area contributed by atoms with Crippen LogP contribution in [0.2, 0.25) is 0 Å². The molecule has 3 heteroatoms. The molecule has 94 valence electrons. The summed E-state index contributed by atoms with van der Waals surface area (Å²) in [6, 6.07) is 4.33. The highest BCUT2D eigenvalue weighted by atomic mass is 19.1. The van der Waals surface area contributed by atoms with Crippen molar-refractivity contribution >= 4 is 0 Å². The first-order chi connectivity index (χ1) is 8.03. The molecule has 1 saturated carbocycles. The molecule has 0 spiro atoms. The van der Waals surface area contributed by atoms with Crippen LogP contribution in [0.5, 0.6) is 0 Å². The molecule has 0 bridgehead atoms. The average molecular weight is 239 g/mol. The van der Waals surface area contributed by atoms with Crippen molar-refractivity contribution in [1.82, 2.24) is 5.32 Å². The molecule has 1 aliphatic carbocycles. The zero-order chi connectivity index (χ0) is 12.5. The highest BCUT2D eigenvalue weighted by Crippen LogP contribution is 2.44. The molecule has 0 heterocycles. The maximum atomic E-state index is 13.8. The Morgan fingerprint density at radius 1 is 1.29 bits per heavy atom. The van der Waals surface area contributed by atoms with Crippen LogP contribution in [-0.4, -0.2) is 12.6 Å². The Morgan fingerprint density at radius 2 is 2.00 bits per heavy atom. The summed E-state index contributed by atoms with van der Waals surface area (Å²) in [6.07, 6.45) is 3.08. The molecular formula is C14H19F2N. The standard InChI is InChI=1S/C14H19F2N/c1-10(2)17-9-14(6-3-7-14)12-5-4-11(15)8-13(12)16/h4-5,8,10,17H,3,6-7,9H2,1-2H3. The van der Waals surface area contributed by atoms with Gasteiger partial charge in [0.15, 0.2) is 0 Å². The van der Waals surface area contributed by atoms with E-state index in [0.29, 0.717) is 11.6 Å². The summed E-state index contributed by atoms with van der Waals surface area (Å²) in [4.78, 5) is 0. The van der Waals surface area contributed by atoms with Gasteiger partial charge in [-0.05, 0) is 24.5 Å². The van der Waals surface area contributed by atoms with Crippen LogP contribution in [0.1, 0.15) is 38.7 Å². The summed E-state index contributed by atoms with van der Waals surface area (Å²) in [7, 11) is 0. The highest BCUT2D eigenvalue weighted by Gasteiger charge is 2.40. The van der Waals surface area contributed by atoms with Gasteiger partial charge in [-0.3, -0.25) is 0 Å². The Bertz CT molecular complexity index is 397. The van der Waals surface area contributed by atoms with Crippen LogP contribution in [0.3, 0.4) is 0 Å². The van der Waals surface area contributed by atoms with E-state index in [9.17, 15) is 8.78 Å². The molecule has 0 amide bonds. The van der Waals surface area contributed by atoms with Crippen LogP contribution in [0.25, 0.3) is 0 Å². The van der Waals surface area contributed by atoms with Crippen molar-refractivity contribution in [2.45, 2.75) is 44.6 Å². The molecule has 1 fully saturated rings. The lowest BCUT2D eigenvalue weighted by molar-refractivity contribution is 0.221. The minimum absolute atomic E-state index is 0.123. The van der Waals surface area contributed by atoms with Gasteiger partial charge in [0.2, 0.25) is 0 Å². The van der Waals surface area contributed by atoms with Crippen molar-refractivity contribution in [1.29, 1.82) is 0 Å². The van der Waals surface area contributed by atoms with Crippen LogP contribution in [0, 0.1) is 11.6 Å². The minimum Gasteiger partial charge on any atom is -0.314 e. The van der Waals surface area contributed by atoms with E-state index in [1.807, 2.05) is 0 Å². The van der Waals surface area contributed by atoms with E-state index >= 15 is 0 Å². The van der Waals surface area contributed by atoms with Crippen LogP contribution in [0.15, 0.2) is 18.2 Å². The molecule has 1 aliphatic rings. The van der Waals surface area contributed by atoms with Gasteiger partial charge >= 0.3 is 0 Å². The van der Waals surface area contributed by atoms with Gasteiger partial charge in [0.05, 0.1) is 0 Å². The minimum atomic E-state index is -0.502. The average Bonchev–Trinajstić information content (AvgIpc) is 2.18. The summed E-state index contributed by atoms with van der Waals surface area (Å²) in [5.74, 6) is -0.909. The van der Waals surface area contributed by atoms with Crippen LogP contribution in [-0.2, 0) is 5.41 Å². The van der Waals surface area contributed by atoms with E-state index in [1.54, 1.807) is 6.07 Å². The van der Waals surface area contributed by atoms with Gasteiger partial charge in [-0.25, -0.2) is 8.78 Å². The van der Waals surface area contributed by atoms with Crippen molar-refractivity contribution in [3.05, 3.63) is 35.4 Å². The van der Waals surface area contributed by atoms with E-state index < -0.39 is 11.6 Å². The largest absolute Gasteiger partial charge is 0.314 e. The Balaban J connectivity index is 2.22. The molecule has 0 unspecified atom stereocenters. The Labute approximate surface area is 101 Å². The first kappa shape index (κ1) is 12.5. The number of hydrogen-bond acceptors (Lipinski definition) is 1. The lowest BCUT2D eigenvalue weighted by atomic mass is 9.64. The normalized spacial score (nSPS) is 18.2. The smallest absolute Gasteiger partial charge is 0.129 e. The Hall–Kier alpha value is -0.960. The van der Waals surface area contributed by atoms with Crippen molar-refractivity contribution in [3.63, 3.8) is 0 Å². The monoisotopic (exact) mass is 239 g/mol. The van der Waals surface area contributed by atoms with E-state index in [0.717, 1.165) is 31.9 Å². The fourth-order valence-corrected chi connectivity index (χ4v) is 2.46. The zero-order valence-corrected chi connectivity index (χ0v) is 10.4. The second kappa shape index (κ2) is 4.73. The van der Waals surface area contributed by atoms with Gasteiger partial charge in [0, 0.05) is 24.1 Å². The third kappa shape index (κ3) is 2.49. The van der Waals surface area contributed by atoms with Crippen LogP contribution >= 0.6 is 0 Å². The van der Waals surface area contributed by atoms with E-state index in [-0.39, 0.29) is 5.41 Å². The second-order valence-corrected chi connectivity index (χ2v) is 5.29. The fraction of sp³-hybridized carbons (Fsp3) is 0.571. The van der Waals surface area contributed by atoms with Crippen molar-refractivity contribution in [2.75, 3.05) is 6.54 Å². The molecule has 2 rings (SSSR count). The fourth-order valence-electron chi connectivity index (χ4n) is 2.46. The number of hydrogen-bond donors (Lipinski definition) is 1. The lowest BCUT2D eigenvalue weighted by Gasteiger charge is -2.43. The van der Waals surface area contributed by atoms with Gasteiger partial charge in [-0.1, -0.05) is 26.3 Å². The number of benzene rings is 1. The Kier molecular flexibility index (Phi) is 3.48. The van der Waals surface area contributed by atoms with Gasteiger partial charge in [-0.2, -0.15) is 0 Å². The second-order valence-electron chi connectivity index (χ2n) is 5.29. The summed E-state index contributed by atoms with van der Waals surface area (Å²) in [6.45, 7) is 4.92. The lowest BCUT2D eigenvalue weighted by Crippen LogP contribution is -2.46. The molecular weight excluding hydrogens is 220 g/mol. The molecule has 17 heavy (non-hydrogen) atoms. The van der Waals surface area contributed by atoms with E-state index in [1.165, 1.54) is 6.07 Å². The molecule has 1 aromatic carbocycles. The predicted molar refractivity (Wildman–Crippen MR) is 65.0 cm³/mol. The van der Waals surface area contributed by atoms with Gasteiger partial charge < -0.3 is 5.32 Å². The molecule has 0 saturated heterocycles. The first-order valence-corrected chi connectivity index (χ1v) is 6.22. The summed E-state index contributed by atoms with van der Waals surface area (Å²) < 4.78 is 26.7. The molecule has 0 radical (unpaired) electrons. The molecule has 1 nitrogen and oxygen atoms in total. The summed E-state index contributed by atoms with van der Waals surface area (Å²) in [5, 5.41) is 3.37. The van der Waals surface area contributed by atoms with Gasteiger partial charge in [0.1, 0.15) is 11.6 Å². The topological polar surface area (TPSA) is 12.0 Å². The van der Waals surface area contributed by atoms with Crippen molar-refractivity contribution in [3.8, 4) is 0 Å². The van der Waals surface area contributed by atoms with E-state index in [2.05, 4.69) is 19.2 Å². The molecule has 0 atom stereocenters. The quantitative estimate of drug-likeness (QED) is 0.849. The summed E-state index contributed by atoms with van der Waals surface area (Å²) >= 11 is 0. The number of rotatable bonds is 4. The highest BCUT2D eigenvalue weighted by molar-refractivity contribution is 5.30. The predicted octanol–water partition coefficient (Wildman–Crippen LogP) is 3.38. The van der Waals surface area contributed by atoms with E-state index in [4.69, 9.17) is 0 Å². The third-order valence-corrected chi connectivity index (χ3v) is 3.66. The third-order valence-electron chi connectivity index (χ3n) is 3.66. The molecule has 1 aromatic rings. The van der Waals surface area contributed by atoms with Crippen LogP contribution < -0.4 is 5.32 Å². The van der Waals surface area contributed by atoms with Gasteiger partial charge in [-0.15, -0.1) is 0 Å². The Morgan fingerprint density at radius 3 is 2.47 bits per heavy atom. The number of nitrogens with one attached hydrogen (secondary N) is 1. The molecule has 0 aromatic heterocycles. The number of halogens is 2. The maximum absolute atomic E-state index is 13.8. The molecule has 0 aliphatic heterocycles. The summed E-state index contributed by atoms with van der Waals surface area (Å²) in [5.41, 5.74) is 0.542. The maximum Gasteiger partial charge on any atom is 0.129 e.